The maximum Gasteiger partial charge on any atom is 0.270 e. The Morgan fingerprint density at radius 2 is 1.83 bits per heavy atom. The molecule has 9 heteroatoms. The minimum atomic E-state index is -0.738. The summed E-state index contributed by atoms with van der Waals surface area (Å²) in [5.74, 6) is -0.934. The van der Waals surface area contributed by atoms with Gasteiger partial charge in [0.2, 0.25) is 5.91 Å². The van der Waals surface area contributed by atoms with E-state index in [0.717, 1.165) is 25.7 Å². The lowest BCUT2D eigenvalue weighted by atomic mass is 10.0. The SMILES string of the molecule is CC(CN1CCCCC1)NC(=O)C(NC(=O)c1ccc([N+](=O)[O-])cc1Cl)C(C)C. The molecule has 1 aromatic carbocycles. The Bertz CT molecular complexity index is 750. The molecule has 0 aliphatic carbocycles. The van der Waals surface area contributed by atoms with E-state index in [2.05, 4.69) is 15.5 Å². The van der Waals surface area contributed by atoms with Crippen molar-refractivity contribution < 1.29 is 14.5 Å². The third-order valence-electron chi connectivity index (χ3n) is 5.01. The van der Waals surface area contributed by atoms with Crippen molar-refractivity contribution in [2.75, 3.05) is 19.6 Å². The van der Waals surface area contributed by atoms with Crippen LogP contribution >= 0.6 is 11.6 Å². The number of nitrogens with zero attached hydrogens (tertiary/aromatic N) is 2. The zero-order valence-corrected chi connectivity index (χ0v) is 17.9. The second-order valence-corrected chi connectivity index (χ2v) is 8.29. The van der Waals surface area contributed by atoms with Crippen LogP contribution in [0.25, 0.3) is 0 Å². The average molecular weight is 425 g/mol. The number of non-ortho nitro benzene ring substituents is 1. The van der Waals surface area contributed by atoms with Gasteiger partial charge in [-0.2, -0.15) is 0 Å². The summed E-state index contributed by atoms with van der Waals surface area (Å²) in [4.78, 5) is 38.0. The van der Waals surface area contributed by atoms with Crippen molar-refractivity contribution in [3.63, 3.8) is 0 Å². The number of likely N-dealkylation sites (tertiary alicyclic amines) is 1. The van der Waals surface area contributed by atoms with Crippen molar-refractivity contribution in [2.45, 2.75) is 52.1 Å². The quantitative estimate of drug-likeness (QED) is 0.493. The largest absolute Gasteiger partial charge is 0.351 e. The highest BCUT2D eigenvalue weighted by atomic mass is 35.5. The van der Waals surface area contributed by atoms with Crippen molar-refractivity contribution >= 4 is 29.1 Å². The van der Waals surface area contributed by atoms with Gasteiger partial charge in [-0.3, -0.25) is 19.7 Å². The third-order valence-corrected chi connectivity index (χ3v) is 5.33. The van der Waals surface area contributed by atoms with Gasteiger partial charge in [0.15, 0.2) is 0 Å². The summed E-state index contributed by atoms with van der Waals surface area (Å²) in [6, 6.07) is 2.86. The lowest BCUT2D eigenvalue weighted by Crippen LogP contribution is -2.53. The van der Waals surface area contributed by atoms with Crippen molar-refractivity contribution in [1.29, 1.82) is 0 Å². The summed E-state index contributed by atoms with van der Waals surface area (Å²) in [6.07, 6.45) is 3.62. The number of halogens is 1. The predicted octanol–water partition coefficient (Wildman–Crippen LogP) is 2.99. The number of hydrogen-bond donors (Lipinski definition) is 2. The molecule has 0 aromatic heterocycles. The van der Waals surface area contributed by atoms with E-state index < -0.39 is 16.9 Å². The van der Waals surface area contributed by atoms with Crippen molar-refractivity contribution in [3.8, 4) is 0 Å². The van der Waals surface area contributed by atoms with E-state index in [-0.39, 0.29) is 34.1 Å². The first-order chi connectivity index (χ1) is 13.7. The van der Waals surface area contributed by atoms with Crippen LogP contribution in [0.2, 0.25) is 5.02 Å². The molecule has 2 rings (SSSR count). The Morgan fingerprint density at radius 3 is 2.38 bits per heavy atom. The summed E-state index contributed by atoms with van der Waals surface area (Å²) < 4.78 is 0. The monoisotopic (exact) mass is 424 g/mol. The van der Waals surface area contributed by atoms with E-state index in [9.17, 15) is 19.7 Å². The van der Waals surface area contributed by atoms with Gasteiger partial charge in [0.25, 0.3) is 11.6 Å². The molecule has 1 saturated heterocycles. The summed E-state index contributed by atoms with van der Waals surface area (Å²) in [6.45, 7) is 8.51. The minimum Gasteiger partial charge on any atom is -0.351 e. The molecule has 0 bridgehead atoms. The van der Waals surface area contributed by atoms with Gasteiger partial charge in [-0.25, -0.2) is 0 Å². The van der Waals surface area contributed by atoms with Gasteiger partial charge in [0, 0.05) is 24.7 Å². The van der Waals surface area contributed by atoms with Crippen molar-refractivity contribution in [3.05, 3.63) is 38.9 Å². The van der Waals surface area contributed by atoms with Gasteiger partial charge < -0.3 is 15.5 Å². The first-order valence-electron chi connectivity index (χ1n) is 9.96. The molecule has 2 atom stereocenters. The molecule has 0 saturated carbocycles. The molecule has 2 amide bonds. The molecular formula is C20H29ClN4O4. The number of nitro groups is 1. The Morgan fingerprint density at radius 1 is 1.17 bits per heavy atom. The van der Waals surface area contributed by atoms with Gasteiger partial charge in [-0.1, -0.05) is 31.9 Å². The zero-order chi connectivity index (χ0) is 21.6. The molecule has 2 unspecified atom stereocenters. The second kappa shape index (κ2) is 10.5. The Kier molecular flexibility index (Phi) is 8.40. The number of nitrogens with one attached hydrogen (secondary N) is 2. The maximum atomic E-state index is 12.8. The number of nitro benzene ring substituents is 1. The maximum absolute atomic E-state index is 12.8. The molecule has 1 aromatic rings. The number of rotatable bonds is 8. The summed E-state index contributed by atoms with van der Waals surface area (Å²) in [5, 5.41) is 16.5. The fourth-order valence-electron chi connectivity index (χ4n) is 3.46. The molecule has 29 heavy (non-hydrogen) atoms. The third kappa shape index (κ3) is 6.68. The van der Waals surface area contributed by atoms with Crippen LogP contribution in [-0.2, 0) is 4.79 Å². The first kappa shape index (κ1) is 23.1. The Labute approximate surface area is 176 Å². The normalized spacial score (nSPS) is 16.9. The standard InChI is InChI=1S/C20H29ClN4O4/c1-13(2)18(20(27)22-14(3)12-24-9-5-4-6-10-24)23-19(26)16-8-7-15(25(28)29)11-17(16)21/h7-8,11,13-14,18H,4-6,9-10,12H2,1-3H3,(H,22,27)(H,23,26). The van der Waals surface area contributed by atoms with Gasteiger partial charge >= 0.3 is 0 Å². The Balaban J connectivity index is 2.00. The van der Waals surface area contributed by atoms with E-state index in [0.29, 0.717) is 0 Å². The van der Waals surface area contributed by atoms with E-state index in [4.69, 9.17) is 11.6 Å². The summed E-state index contributed by atoms with van der Waals surface area (Å²) in [5.41, 5.74) is -0.103. The molecule has 0 spiro atoms. The molecule has 1 heterocycles. The number of carbonyl (C=O) groups excluding carboxylic acids is 2. The van der Waals surface area contributed by atoms with Gasteiger partial charge in [0.05, 0.1) is 15.5 Å². The number of amides is 2. The highest BCUT2D eigenvalue weighted by Gasteiger charge is 2.27. The van der Waals surface area contributed by atoms with Crippen molar-refractivity contribution in [1.82, 2.24) is 15.5 Å². The van der Waals surface area contributed by atoms with E-state index in [1.54, 1.807) is 0 Å². The minimum absolute atomic E-state index is 0.0296. The van der Waals surface area contributed by atoms with Gasteiger partial charge in [-0.05, 0) is 44.8 Å². The van der Waals surface area contributed by atoms with E-state index in [1.807, 2.05) is 20.8 Å². The number of carbonyl (C=O) groups is 2. The fourth-order valence-corrected chi connectivity index (χ4v) is 3.72. The van der Waals surface area contributed by atoms with E-state index in [1.165, 1.54) is 31.4 Å². The van der Waals surface area contributed by atoms with Crippen LogP contribution in [0.1, 0.15) is 50.4 Å². The Hall–Kier alpha value is -2.19. The molecule has 1 fully saturated rings. The number of piperidine rings is 1. The first-order valence-corrected chi connectivity index (χ1v) is 10.3. The second-order valence-electron chi connectivity index (χ2n) is 7.89. The van der Waals surface area contributed by atoms with Gasteiger partial charge in [-0.15, -0.1) is 0 Å². The molecule has 1 aliphatic heterocycles. The summed E-state index contributed by atoms with van der Waals surface area (Å²) in [7, 11) is 0. The van der Waals surface area contributed by atoms with Crippen molar-refractivity contribution in [2.24, 2.45) is 5.92 Å². The molecule has 0 radical (unpaired) electrons. The van der Waals surface area contributed by atoms with Crippen LogP contribution in [-0.4, -0.2) is 53.4 Å². The zero-order valence-electron chi connectivity index (χ0n) is 17.1. The predicted molar refractivity (Wildman–Crippen MR) is 112 cm³/mol. The van der Waals surface area contributed by atoms with Crippen LogP contribution in [0.3, 0.4) is 0 Å². The lowest BCUT2D eigenvalue weighted by Gasteiger charge is -2.30. The van der Waals surface area contributed by atoms with Crippen LogP contribution < -0.4 is 10.6 Å². The van der Waals surface area contributed by atoms with Crippen LogP contribution in [0.15, 0.2) is 18.2 Å². The number of hydrogen-bond acceptors (Lipinski definition) is 5. The molecular weight excluding hydrogens is 396 g/mol. The van der Waals surface area contributed by atoms with Crippen LogP contribution in [0.5, 0.6) is 0 Å². The highest BCUT2D eigenvalue weighted by molar-refractivity contribution is 6.34. The van der Waals surface area contributed by atoms with Crippen LogP contribution in [0, 0.1) is 16.0 Å². The van der Waals surface area contributed by atoms with Crippen LogP contribution in [0.4, 0.5) is 5.69 Å². The molecule has 1 aliphatic rings. The lowest BCUT2D eigenvalue weighted by molar-refractivity contribution is -0.384. The molecule has 2 N–H and O–H groups in total. The summed E-state index contributed by atoms with van der Waals surface area (Å²) >= 11 is 6.03. The highest BCUT2D eigenvalue weighted by Crippen LogP contribution is 2.22. The molecule has 8 nitrogen and oxygen atoms in total. The number of benzene rings is 1. The fraction of sp³-hybridized carbons (Fsp3) is 0.600. The average Bonchev–Trinajstić information content (AvgIpc) is 2.65. The van der Waals surface area contributed by atoms with E-state index >= 15 is 0 Å². The molecule has 160 valence electrons. The van der Waals surface area contributed by atoms with Gasteiger partial charge in [0.1, 0.15) is 6.04 Å². The smallest absolute Gasteiger partial charge is 0.270 e. The topological polar surface area (TPSA) is 105 Å².